The van der Waals surface area contributed by atoms with Crippen LogP contribution in [0.15, 0.2) is 29.3 Å². The Balaban J connectivity index is 2.52. The first-order chi connectivity index (χ1) is 7.22. The minimum absolute atomic E-state index is 0.197. The van der Waals surface area contributed by atoms with Crippen LogP contribution in [-0.2, 0) is 0 Å². The number of rotatable bonds is 5. The van der Waals surface area contributed by atoms with Crippen LogP contribution >= 0.6 is 12.2 Å². The first-order valence-electron chi connectivity index (χ1n) is 4.76. The molecule has 1 aromatic carbocycles. The number of nitrogens with zero attached hydrogens (tertiary/aromatic N) is 1. The molecular formula is C11H14N2OS. The summed E-state index contributed by atoms with van der Waals surface area (Å²) in [7, 11) is 0. The topological polar surface area (TPSA) is 33.6 Å². The molecule has 0 heterocycles. The number of nitrogens with one attached hydrogen (secondary N) is 1. The number of isothiocyanates is 1. The van der Waals surface area contributed by atoms with Gasteiger partial charge in [0.15, 0.2) is 0 Å². The molecule has 0 atom stereocenters. The van der Waals surface area contributed by atoms with Crippen LogP contribution in [0, 0.1) is 0 Å². The molecule has 0 aliphatic carbocycles. The van der Waals surface area contributed by atoms with Crippen LogP contribution in [0.3, 0.4) is 0 Å². The third-order valence-electron chi connectivity index (χ3n) is 1.65. The van der Waals surface area contributed by atoms with E-state index < -0.39 is 0 Å². The van der Waals surface area contributed by atoms with E-state index in [2.05, 4.69) is 27.7 Å². The van der Waals surface area contributed by atoms with E-state index in [0.717, 1.165) is 11.4 Å². The molecule has 4 heteroatoms. The number of hydrogen-bond donors (Lipinski definition) is 1. The van der Waals surface area contributed by atoms with Crippen LogP contribution in [0.5, 0.6) is 5.75 Å². The van der Waals surface area contributed by atoms with Crippen LogP contribution in [0.4, 0.5) is 5.69 Å². The SMILES string of the molecule is CC(C)Oc1ccc(NCN=C=S)cc1. The predicted molar refractivity (Wildman–Crippen MR) is 65.7 cm³/mol. The molecule has 1 N–H and O–H groups in total. The van der Waals surface area contributed by atoms with E-state index in [0.29, 0.717) is 6.67 Å². The molecule has 0 fully saturated rings. The molecule has 0 radical (unpaired) electrons. The maximum atomic E-state index is 5.51. The Kier molecular flexibility index (Phi) is 4.81. The van der Waals surface area contributed by atoms with Crippen molar-refractivity contribution in [3.63, 3.8) is 0 Å². The minimum atomic E-state index is 0.197. The van der Waals surface area contributed by atoms with E-state index >= 15 is 0 Å². The molecule has 15 heavy (non-hydrogen) atoms. The van der Waals surface area contributed by atoms with Gasteiger partial charge in [-0.25, -0.2) is 4.99 Å². The summed E-state index contributed by atoms with van der Waals surface area (Å²) in [5, 5.41) is 5.37. The van der Waals surface area contributed by atoms with Gasteiger partial charge in [0.25, 0.3) is 0 Å². The Morgan fingerprint density at radius 1 is 1.40 bits per heavy atom. The third kappa shape index (κ3) is 4.58. The smallest absolute Gasteiger partial charge is 0.119 e. The summed E-state index contributed by atoms with van der Waals surface area (Å²) >= 11 is 4.46. The maximum Gasteiger partial charge on any atom is 0.119 e. The van der Waals surface area contributed by atoms with Crippen LogP contribution in [0.2, 0.25) is 0 Å². The first-order valence-corrected chi connectivity index (χ1v) is 5.17. The van der Waals surface area contributed by atoms with Crippen molar-refractivity contribution in [3.8, 4) is 5.75 Å². The molecule has 1 aromatic rings. The molecule has 0 aliphatic rings. The quantitative estimate of drug-likeness (QED) is 0.614. The summed E-state index contributed by atoms with van der Waals surface area (Å²) in [5.41, 5.74) is 0.986. The first kappa shape index (κ1) is 11.7. The van der Waals surface area contributed by atoms with Crippen molar-refractivity contribution < 1.29 is 4.74 Å². The normalized spacial score (nSPS) is 9.53. The zero-order chi connectivity index (χ0) is 11.1. The third-order valence-corrected chi connectivity index (χ3v) is 1.78. The number of hydrogen-bond acceptors (Lipinski definition) is 4. The van der Waals surface area contributed by atoms with E-state index in [9.17, 15) is 0 Å². The summed E-state index contributed by atoms with van der Waals surface area (Å²) in [5.74, 6) is 0.869. The van der Waals surface area contributed by atoms with Crippen LogP contribution in [0.1, 0.15) is 13.8 Å². The van der Waals surface area contributed by atoms with Crippen LogP contribution in [-0.4, -0.2) is 17.9 Å². The zero-order valence-electron chi connectivity index (χ0n) is 8.86. The lowest BCUT2D eigenvalue weighted by Gasteiger charge is -2.10. The average molecular weight is 222 g/mol. The molecule has 1 rings (SSSR count). The van der Waals surface area contributed by atoms with Gasteiger partial charge < -0.3 is 10.1 Å². The standard InChI is InChI=1S/C11H14N2OS/c1-9(2)14-11-5-3-10(4-6-11)13-7-12-8-15/h3-6,9,13H,7H2,1-2H3. The van der Waals surface area contributed by atoms with Crippen LogP contribution in [0.25, 0.3) is 0 Å². The van der Waals surface area contributed by atoms with Crippen molar-refractivity contribution in [3.05, 3.63) is 24.3 Å². The summed E-state index contributed by atoms with van der Waals surface area (Å²) in [6.07, 6.45) is 0.197. The van der Waals surface area contributed by atoms with Crippen molar-refractivity contribution in [2.75, 3.05) is 12.0 Å². The molecule has 0 saturated heterocycles. The highest BCUT2D eigenvalue weighted by molar-refractivity contribution is 7.78. The van der Waals surface area contributed by atoms with Gasteiger partial charge in [-0.3, -0.25) is 0 Å². The van der Waals surface area contributed by atoms with E-state index in [1.54, 1.807) is 0 Å². The van der Waals surface area contributed by atoms with Gasteiger partial charge in [0.05, 0.1) is 11.3 Å². The highest BCUT2D eigenvalue weighted by atomic mass is 32.1. The molecule has 0 unspecified atom stereocenters. The highest BCUT2D eigenvalue weighted by Gasteiger charge is 1.96. The molecule has 0 aromatic heterocycles. The Labute approximate surface area is 95.2 Å². The lowest BCUT2D eigenvalue weighted by molar-refractivity contribution is 0.242. The average Bonchev–Trinajstić information content (AvgIpc) is 2.20. The highest BCUT2D eigenvalue weighted by Crippen LogP contribution is 2.16. The summed E-state index contributed by atoms with van der Waals surface area (Å²) in [6, 6.07) is 7.72. The van der Waals surface area contributed by atoms with Gasteiger partial charge in [-0.1, -0.05) is 0 Å². The second-order valence-corrected chi connectivity index (χ2v) is 3.46. The van der Waals surface area contributed by atoms with Crippen LogP contribution < -0.4 is 10.1 Å². The number of ether oxygens (including phenoxy) is 1. The summed E-state index contributed by atoms with van der Waals surface area (Å²) < 4.78 is 5.51. The van der Waals surface area contributed by atoms with Crippen molar-refractivity contribution in [1.82, 2.24) is 0 Å². The predicted octanol–water partition coefficient (Wildman–Crippen LogP) is 2.95. The lowest BCUT2D eigenvalue weighted by atomic mass is 10.3. The number of aliphatic imine (C=N–C) groups is 1. The van der Waals surface area contributed by atoms with E-state index in [4.69, 9.17) is 4.74 Å². The second kappa shape index (κ2) is 6.17. The molecule has 0 aliphatic heterocycles. The van der Waals surface area contributed by atoms with Crippen molar-refractivity contribution in [2.45, 2.75) is 20.0 Å². The fraction of sp³-hybridized carbons (Fsp3) is 0.364. The lowest BCUT2D eigenvalue weighted by Crippen LogP contribution is -2.05. The monoisotopic (exact) mass is 222 g/mol. The molecular weight excluding hydrogens is 208 g/mol. The largest absolute Gasteiger partial charge is 0.491 e. The van der Waals surface area contributed by atoms with Crippen molar-refractivity contribution >= 4 is 23.1 Å². The fourth-order valence-electron chi connectivity index (χ4n) is 1.09. The Morgan fingerprint density at radius 2 is 2.07 bits per heavy atom. The Morgan fingerprint density at radius 3 is 2.60 bits per heavy atom. The summed E-state index contributed by atoms with van der Waals surface area (Å²) in [4.78, 5) is 3.76. The molecule has 0 saturated carbocycles. The van der Waals surface area contributed by atoms with Gasteiger partial charge in [0, 0.05) is 5.69 Å². The van der Waals surface area contributed by atoms with E-state index in [-0.39, 0.29) is 6.10 Å². The van der Waals surface area contributed by atoms with Crippen molar-refractivity contribution in [2.24, 2.45) is 4.99 Å². The van der Waals surface area contributed by atoms with Gasteiger partial charge in [-0.2, -0.15) is 0 Å². The minimum Gasteiger partial charge on any atom is -0.491 e. The maximum absolute atomic E-state index is 5.51. The van der Waals surface area contributed by atoms with Gasteiger partial charge in [0.1, 0.15) is 12.4 Å². The van der Waals surface area contributed by atoms with Gasteiger partial charge in [0.2, 0.25) is 0 Å². The zero-order valence-corrected chi connectivity index (χ0v) is 9.67. The van der Waals surface area contributed by atoms with Crippen molar-refractivity contribution in [1.29, 1.82) is 0 Å². The van der Waals surface area contributed by atoms with E-state index in [1.165, 1.54) is 0 Å². The molecule has 0 bridgehead atoms. The number of anilines is 1. The molecule has 0 amide bonds. The Bertz CT molecular complexity index is 342. The summed E-state index contributed by atoms with van der Waals surface area (Å²) in [6.45, 7) is 4.45. The number of benzene rings is 1. The Hall–Kier alpha value is -1.38. The van der Waals surface area contributed by atoms with Gasteiger partial charge in [-0.15, -0.1) is 0 Å². The van der Waals surface area contributed by atoms with Gasteiger partial charge in [-0.05, 0) is 50.3 Å². The van der Waals surface area contributed by atoms with E-state index in [1.807, 2.05) is 38.1 Å². The second-order valence-electron chi connectivity index (χ2n) is 3.28. The molecule has 3 nitrogen and oxygen atoms in total. The van der Waals surface area contributed by atoms with Gasteiger partial charge >= 0.3 is 0 Å². The molecule has 80 valence electrons. The number of thiocarbonyl (C=S) groups is 1. The fourth-order valence-corrected chi connectivity index (χ4v) is 1.15. The molecule has 0 spiro atoms.